The number of fused-ring (bicyclic) bond motifs is 1. The van der Waals surface area contributed by atoms with Gasteiger partial charge in [0, 0.05) is 27.6 Å². The van der Waals surface area contributed by atoms with Gasteiger partial charge in [-0.3, -0.25) is 4.57 Å². The van der Waals surface area contributed by atoms with E-state index in [2.05, 4.69) is 9.97 Å². The lowest BCUT2D eigenvalue weighted by atomic mass is 10.2. The van der Waals surface area contributed by atoms with Gasteiger partial charge in [-0.2, -0.15) is 17.7 Å². The van der Waals surface area contributed by atoms with Crippen molar-refractivity contribution in [2.75, 3.05) is 20.7 Å². The Balaban J connectivity index is 0.00000341. The number of alkyl halides is 3. The number of amides is 1. The molecule has 12 heteroatoms. The first-order chi connectivity index (χ1) is 14.1. The summed E-state index contributed by atoms with van der Waals surface area (Å²) in [5, 5.41) is 0. The molecule has 2 aromatic heterocycles. The highest BCUT2D eigenvalue weighted by atomic mass is 35.5. The van der Waals surface area contributed by atoms with Crippen molar-refractivity contribution < 1.29 is 22.7 Å². The van der Waals surface area contributed by atoms with Crippen LogP contribution in [0, 0.1) is 0 Å². The fraction of sp³-hybridized carbons (Fsp3) is 0.368. The molecular formula is C19H21ClF3N5O3. The molecule has 0 unspecified atom stereocenters. The molecule has 3 rings (SSSR count). The molecule has 0 atom stereocenters. The largest absolute Gasteiger partial charge is 0.494 e. The van der Waals surface area contributed by atoms with Crippen molar-refractivity contribution in [3.05, 3.63) is 52.3 Å². The molecule has 8 nitrogen and oxygen atoms in total. The van der Waals surface area contributed by atoms with Crippen LogP contribution >= 0.6 is 12.4 Å². The topological polar surface area (TPSA) is 82.2 Å². The van der Waals surface area contributed by atoms with E-state index < -0.39 is 23.5 Å². The summed E-state index contributed by atoms with van der Waals surface area (Å²) in [6.07, 6.45) is -2.02. The first-order valence-corrected chi connectivity index (χ1v) is 9.04. The number of halogens is 4. The molecule has 0 aliphatic heterocycles. The lowest BCUT2D eigenvalue weighted by Gasteiger charge is -2.10. The predicted octanol–water partition coefficient (Wildman–Crippen LogP) is 3.11. The van der Waals surface area contributed by atoms with Crippen LogP contribution in [0.3, 0.4) is 0 Å². The Morgan fingerprint density at radius 2 is 1.84 bits per heavy atom. The normalized spacial score (nSPS) is 11.3. The van der Waals surface area contributed by atoms with E-state index in [0.29, 0.717) is 29.9 Å². The summed E-state index contributed by atoms with van der Waals surface area (Å²) >= 11 is 0. The minimum absolute atomic E-state index is 0. The summed E-state index contributed by atoms with van der Waals surface area (Å²) in [5.41, 5.74) is -0.603. The van der Waals surface area contributed by atoms with Crippen molar-refractivity contribution in [1.29, 1.82) is 0 Å². The number of aryl methyl sites for hydroxylation is 2. The van der Waals surface area contributed by atoms with Crippen molar-refractivity contribution >= 4 is 29.6 Å². The Labute approximate surface area is 181 Å². The molecule has 0 bridgehead atoms. The average molecular weight is 460 g/mol. The number of hydrogen-bond acceptors (Lipinski definition) is 5. The molecule has 0 fully saturated rings. The van der Waals surface area contributed by atoms with Crippen molar-refractivity contribution in [3.63, 3.8) is 0 Å². The first kappa shape index (κ1) is 24.2. The second-order valence-electron chi connectivity index (χ2n) is 6.82. The highest BCUT2D eigenvalue weighted by Crippen LogP contribution is 2.30. The van der Waals surface area contributed by atoms with Gasteiger partial charge < -0.3 is 9.64 Å². The zero-order valence-corrected chi connectivity index (χ0v) is 17.8. The van der Waals surface area contributed by atoms with E-state index in [1.54, 1.807) is 0 Å². The van der Waals surface area contributed by atoms with Gasteiger partial charge >= 0.3 is 17.9 Å². The molecule has 3 aromatic rings. The van der Waals surface area contributed by atoms with Crippen LogP contribution in [0.15, 0.2) is 35.3 Å². The average Bonchev–Trinajstić information content (AvgIpc) is 2.94. The number of hydrogen-bond donors (Lipinski definition) is 0. The number of ether oxygens (including phenoxy) is 1. The molecule has 1 aromatic carbocycles. The number of carbonyl (C=O) groups excluding carboxylic acids is 1. The molecule has 0 aliphatic carbocycles. The smallest absolute Gasteiger partial charge is 0.416 e. The maximum atomic E-state index is 12.6. The van der Waals surface area contributed by atoms with Gasteiger partial charge in [-0.15, -0.1) is 12.4 Å². The number of carbonyl (C=O) groups is 1. The summed E-state index contributed by atoms with van der Waals surface area (Å²) < 4.78 is 45.5. The van der Waals surface area contributed by atoms with Gasteiger partial charge in [0.2, 0.25) is 0 Å². The van der Waals surface area contributed by atoms with Crippen LogP contribution in [0.25, 0.3) is 11.2 Å². The maximum Gasteiger partial charge on any atom is 0.416 e. The Kier molecular flexibility index (Phi) is 7.32. The number of aromatic nitrogens is 4. The van der Waals surface area contributed by atoms with Gasteiger partial charge in [-0.25, -0.2) is 19.6 Å². The van der Waals surface area contributed by atoms with E-state index in [9.17, 15) is 22.8 Å². The fourth-order valence-electron chi connectivity index (χ4n) is 2.80. The van der Waals surface area contributed by atoms with Crippen LogP contribution in [0.1, 0.15) is 17.8 Å². The summed E-state index contributed by atoms with van der Waals surface area (Å²) in [7, 11) is 4.60. The van der Waals surface area contributed by atoms with E-state index in [4.69, 9.17) is 4.74 Å². The lowest BCUT2D eigenvalue weighted by Crippen LogP contribution is -2.35. The molecular weight excluding hydrogens is 439 g/mol. The van der Waals surface area contributed by atoms with Crippen LogP contribution in [0.5, 0.6) is 5.75 Å². The van der Waals surface area contributed by atoms with Gasteiger partial charge in [0.05, 0.1) is 18.4 Å². The third kappa shape index (κ3) is 5.16. The van der Waals surface area contributed by atoms with Crippen LogP contribution in [-0.4, -0.2) is 50.7 Å². The molecule has 0 spiro atoms. The maximum absolute atomic E-state index is 12.6. The van der Waals surface area contributed by atoms with E-state index in [0.717, 1.165) is 16.7 Å². The van der Waals surface area contributed by atoms with Crippen LogP contribution < -0.4 is 10.4 Å². The van der Waals surface area contributed by atoms with Gasteiger partial charge in [-0.1, -0.05) is 0 Å². The van der Waals surface area contributed by atoms with E-state index in [1.807, 2.05) is 0 Å². The molecule has 168 valence electrons. The second-order valence-corrected chi connectivity index (χ2v) is 6.82. The zero-order chi connectivity index (χ0) is 22.1. The fourth-order valence-corrected chi connectivity index (χ4v) is 2.80. The summed E-state index contributed by atoms with van der Waals surface area (Å²) in [6, 6.07) is 3.94. The molecule has 2 heterocycles. The number of nitrogens with zero attached hydrogens (tertiary/aromatic N) is 5. The van der Waals surface area contributed by atoms with Crippen molar-refractivity contribution in [2.45, 2.75) is 19.0 Å². The third-order valence-electron chi connectivity index (χ3n) is 4.42. The minimum Gasteiger partial charge on any atom is -0.494 e. The molecule has 0 radical (unpaired) electrons. The van der Waals surface area contributed by atoms with E-state index in [1.165, 1.54) is 48.9 Å². The Bertz CT molecular complexity index is 1120. The van der Waals surface area contributed by atoms with Crippen molar-refractivity contribution in [1.82, 2.24) is 24.0 Å². The first-order valence-electron chi connectivity index (χ1n) is 9.04. The van der Waals surface area contributed by atoms with Gasteiger partial charge in [0.1, 0.15) is 17.1 Å². The molecule has 0 N–H and O–H groups in total. The quantitative estimate of drug-likeness (QED) is 0.547. The van der Waals surface area contributed by atoms with Gasteiger partial charge in [0.15, 0.2) is 5.65 Å². The van der Waals surface area contributed by atoms with Crippen molar-refractivity contribution in [3.8, 4) is 5.75 Å². The Morgan fingerprint density at radius 3 is 2.42 bits per heavy atom. The Morgan fingerprint density at radius 1 is 1.19 bits per heavy atom. The lowest BCUT2D eigenvalue weighted by molar-refractivity contribution is -0.137. The SMILES string of the molecule is CN(C)C(=O)n1c(=O)n(C)c2cnc(CCCOc3ccc(C(F)(F)F)cc3)nc21.Cl. The van der Waals surface area contributed by atoms with Crippen LogP contribution in [-0.2, 0) is 19.6 Å². The summed E-state index contributed by atoms with van der Waals surface area (Å²) in [6.45, 7) is 0.241. The molecule has 0 saturated carbocycles. The van der Waals surface area contributed by atoms with Crippen LogP contribution in [0.2, 0.25) is 0 Å². The zero-order valence-electron chi connectivity index (χ0n) is 17.0. The molecule has 1 amide bonds. The van der Waals surface area contributed by atoms with E-state index in [-0.39, 0.29) is 24.7 Å². The number of rotatable bonds is 5. The number of benzene rings is 1. The molecule has 0 aliphatic rings. The van der Waals surface area contributed by atoms with Crippen LogP contribution in [0.4, 0.5) is 18.0 Å². The highest BCUT2D eigenvalue weighted by molar-refractivity contribution is 5.86. The van der Waals surface area contributed by atoms with Gasteiger partial charge in [-0.05, 0) is 30.7 Å². The third-order valence-corrected chi connectivity index (χ3v) is 4.42. The predicted molar refractivity (Wildman–Crippen MR) is 110 cm³/mol. The summed E-state index contributed by atoms with van der Waals surface area (Å²) in [5.74, 6) is 0.747. The molecule has 31 heavy (non-hydrogen) atoms. The second kappa shape index (κ2) is 9.38. The summed E-state index contributed by atoms with van der Waals surface area (Å²) in [4.78, 5) is 34.5. The Hall–Kier alpha value is -3.08. The standard InChI is InChI=1S/C19H20F3N5O3.ClH/c1-25(2)17(28)27-16-14(26(3)18(27)29)11-23-15(24-16)5-4-10-30-13-8-6-12(7-9-13)19(20,21)22;/h6-9,11H,4-5,10H2,1-3H3;1H. The molecule has 0 saturated heterocycles. The van der Waals surface area contributed by atoms with Gasteiger partial charge in [0.25, 0.3) is 0 Å². The van der Waals surface area contributed by atoms with Crippen molar-refractivity contribution in [2.24, 2.45) is 7.05 Å². The monoisotopic (exact) mass is 459 g/mol. The van der Waals surface area contributed by atoms with E-state index >= 15 is 0 Å². The minimum atomic E-state index is -4.39. The highest BCUT2D eigenvalue weighted by Gasteiger charge is 2.30. The number of imidazole rings is 1.